The molecule has 2 rings (SSSR count). The van der Waals surface area contributed by atoms with Crippen LogP contribution in [0.3, 0.4) is 0 Å². The molecule has 26 heavy (non-hydrogen) atoms. The van der Waals surface area contributed by atoms with Crippen molar-refractivity contribution in [2.45, 2.75) is 72.5 Å². The van der Waals surface area contributed by atoms with E-state index in [1.165, 1.54) is 12.3 Å². The lowest BCUT2D eigenvalue weighted by molar-refractivity contribution is 0.00578. The molecule has 2 heterocycles. The second kappa shape index (κ2) is 7.81. The van der Waals surface area contributed by atoms with E-state index in [4.69, 9.17) is 14.0 Å². The van der Waals surface area contributed by atoms with Gasteiger partial charge in [-0.15, -0.1) is 0 Å². The average molecular weight is 369 g/mol. The van der Waals surface area contributed by atoms with Crippen molar-refractivity contribution in [1.29, 1.82) is 0 Å². The molecule has 4 nitrogen and oxygen atoms in total. The van der Waals surface area contributed by atoms with Gasteiger partial charge in [0.15, 0.2) is 0 Å². The number of pyridine rings is 1. The van der Waals surface area contributed by atoms with Crippen LogP contribution < -0.4 is 10.3 Å². The maximum atomic E-state index is 13.5. The summed E-state index contributed by atoms with van der Waals surface area (Å²) in [5, 5.41) is 0. The number of nitrogens with zero attached hydrogens (tertiary/aromatic N) is 1. The molecule has 0 aliphatic carbocycles. The number of alkyl halides is 2. The van der Waals surface area contributed by atoms with E-state index in [1.807, 2.05) is 34.6 Å². The van der Waals surface area contributed by atoms with E-state index in [0.717, 1.165) is 6.42 Å². The van der Waals surface area contributed by atoms with Gasteiger partial charge in [0.1, 0.15) is 5.75 Å². The van der Waals surface area contributed by atoms with Gasteiger partial charge in [0, 0.05) is 0 Å². The molecule has 0 aromatic carbocycles. The Morgan fingerprint density at radius 3 is 2.19 bits per heavy atom. The van der Waals surface area contributed by atoms with Gasteiger partial charge in [-0.25, -0.2) is 8.78 Å². The van der Waals surface area contributed by atoms with Crippen LogP contribution >= 0.6 is 0 Å². The first kappa shape index (κ1) is 21.1. The summed E-state index contributed by atoms with van der Waals surface area (Å²) in [7, 11) is -0.772. The van der Waals surface area contributed by atoms with E-state index >= 15 is 0 Å². The molecule has 1 aromatic heterocycles. The van der Waals surface area contributed by atoms with Gasteiger partial charge < -0.3 is 14.0 Å². The summed E-state index contributed by atoms with van der Waals surface area (Å²) in [6.45, 7) is 14.3. The third-order valence-electron chi connectivity index (χ3n) is 5.05. The number of ether oxygens (including phenoxy) is 1. The highest BCUT2D eigenvalue weighted by atomic mass is 19.3. The molecule has 1 atom stereocenters. The molecule has 1 aliphatic heterocycles. The molecule has 0 unspecified atom stereocenters. The number of rotatable bonds is 7. The molecule has 7 heteroatoms. The third-order valence-corrected chi connectivity index (χ3v) is 5.05. The molecule has 0 radical (unpaired) electrons. The van der Waals surface area contributed by atoms with Crippen LogP contribution in [0.2, 0.25) is 0 Å². The molecule has 1 aliphatic rings. The first-order valence-electron chi connectivity index (χ1n) is 9.19. The maximum Gasteiger partial charge on any atom is 0.514 e. The molecule has 0 bridgehead atoms. The molecular formula is C19H30BF2NO3. The van der Waals surface area contributed by atoms with E-state index in [1.54, 1.807) is 0 Å². The molecular weight excluding hydrogens is 339 g/mol. The number of hydrogen-bond acceptors (Lipinski definition) is 4. The topological polar surface area (TPSA) is 40.6 Å². The Kier molecular flexibility index (Phi) is 6.34. The Morgan fingerprint density at radius 2 is 1.69 bits per heavy atom. The summed E-state index contributed by atoms with van der Waals surface area (Å²) in [5.74, 6) is 0.936. The molecule has 1 aromatic rings. The molecule has 0 amide bonds. The number of aromatic nitrogens is 1. The fourth-order valence-corrected chi connectivity index (χ4v) is 2.96. The van der Waals surface area contributed by atoms with Gasteiger partial charge in [0.05, 0.1) is 35.2 Å². The van der Waals surface area contributed by atoms with Gasteiger partial charge in [-0.1, -0.05) is 20.8 Å². The minimum absolute atomic E-state index is 0.121. The molecule has 1 fully saturated rings. The predicted octanol–water partition coefficient (Wildman–Crippen LogP) is 4.38. The zero-order valence-corrected chi connectivity index (χ0v) is 16.8. The summed E-state index contributed by atoms with van der Waals surface area (Å²) >= 11 is 0. The van der Waals surface area contributed by atoms with Crippen molar-refractivity contribution in [3.05, 3.63) is 17.8 Å². The minimum atomic E-state index is -2.66. The lowest BCUT2D eigenvalue weighted by Gasteiger charge is -2.32. The van der Waals surface area contributed by atoms with Crippen LogP contribution in [0, 0.1) is 11.8 Å². The van der Waals surface area contributed by atoms with Crippen LogP contribution in [0.15, 0.2) is 12.3 Å². The van der Waals surface area contributed by atoms with Crippen molar-refractivity contribution in [3.8, 4) is 5.75 Å². The highest BCUT2D eigenvalue weighted by Crippen LogP contribution is 2.37. The summed E-state index contributed by atoms with van der Waals surface area (Å²) in [6.07, 6.45) is -0.331. The fraction of sp³-hybridized carbons (Fsp3) is 0.737. The van der Waals surface area contributed by atoms with Gasteiger partial charge in [-0.3, -0.25) is 4.98 Å². The van der Waals surface area contributed by atoms with Crippen molar-refractivity contribution in [3.63, 3.8) is 0 Å². The third kappa shape index (κ3) is 4.74. The van der Waals surface area contributed by atoms with Crippen LogP contribution in [0.1, 0.15) is 66.9 Å². The quantitative estimate of drug-likeness (QED) is 0.669. The van der Waals surface area contributed by atoms with E-state index in [9.17, 15) is 8.78 Å². The first-order valence-corrected chi connectivity index (χ1v) is 9.19. The van der Waals surface area contributed by atoms with Gasteiger partial charge >= 0.3 is 7.12 Å². The van der Waals surface area contributed by atoms with Gasteiger partial charge in [-0.05, 0) is 52.0 Å². The molecule has 1 saturated heterocycles. The smallest absolute Gasteiger partial charge is 0.491 e. The highest BCUT2D eigenvalue weighted by Gasteiger charge is 2.52. The lowest BCUT2D eigenvalue weighted by atomic mass is 9.83. The normalized spacial score (nSPS) is 20.0. The Balaban J connectivity index is 2.16. The fourth-order valence-electron chi connectivity index (χ4n) is 2.96. The van der Waals surface area contributed by atoms with Crippen molar-refractivity contribution in [2.75, 3.05) is 6.61 Å². The zero-order valence-electron chi connectivity index (χ0n) is 16.8. The largest absolute Gasteiger partial charge is 0.514 e. The minimum Gasteiger partial charge on any atom is -0.491 e. The van der Waals surface area contributed by atoms with E-state index in [0.29, 0.717) is 18.1 Å². The van der Waals surface area contributed by atoms with E-state index in [-0.39, 0.29) is 17.2 Å². The second-order valence-electron chi connectivity index (χ2n) is 8.58. The Hall–Kier alpha value is -1.21. The second-order valence-corrected chi connectivity index (χ2v) is 8.58. The monoisotopic (exact) mass is 369 g/mol. The van der Waals surface area contributed by atoms with E-state index in [2.05, 4.69) is 18.8 Å². The summed E-state index contributed by atoms with van der Waals surface area (Å²) < 4.78 is 44.5. The van der Waals surface area contributed by atoms with Crippen molar-refractivity contribution in [2.24, 2.45) is 11.8 Å². The van der Waals surface area contributed by atoms with Crippen molar-refractivity contribution in [1.82, 2.24) is 4.98 Å². The lowest BCUT2D eigenvalue weighted by Crippen LogP contribution is -2.41. The molecule has 0 N–H and O–H groups in total. The van der Waals surface area contributed by atoms with Gasteiger partial charge in [-0.2, -0.15) is 0 Å². The summed E-state index contributed by atoms with van der Waals surface area (Å²) in [4.78, 5) is 4.27. The molecule has 0 saturated carbocycles. The van der Waals surface area contributed by atoms with Crippen molar-refractivity contribution >= 4 is 12.7 Å². The van der Waals surface area contributed by atoms with Crippen LogP contribution in [0.5, 0.6) is 5.75 Å². The van der Waals surface area contributed by atoms with Crippen LogP contribution in [-0.4, -0.2) is 29.9 Å². The standard InChI is InChI=1S/C19H30BF2NO3/c1-12(2)8-13(3)11-24-15-10-23-16(9-14(15)17(21)22)20-25-18(4,5)19(6,7)26-20/h9-10,12-13,17H,8,11H2,1-7H3/t13-/m1/s1. The summed E-state index contributed by atoms with van der Waals surface area (Å²) in [5.41, 5.74) is -0.944. The van der Waals surface area contributed by atoms with Gasteiger partial charge in [0.25, 0.3) is 6.43 Å². The average Bonchev–Trinajstić information content (AvgIpc) is 2.72. The van der Waals surface area contributed by atoms with Crippen LogP contribution in [0.25, 0.3) is 0 Å². The van der Waals surface area contributed by atoms with Crippen molar-refractivity contribution < 1.29 is 22.8 Å². The molecule has 0 spiro atoms. The molecule has 146 valence electrons. The Bertz CT molecular complexity index is 607. The number of hydrogen-bond donors (Lipinski definition) is 0. The SMILES string of the molecule is CC(C)C[C@@H](C)COc1cnc(B2OC(C)(C)C(C)(C)O2)cc1C(F)F. The maximum absolute atomic E-state index is 13.5. The first-order chi connectivity index (χ1) is 11.9. The van der Waals surface area contributed by atoms with Gasteiger partial charge in [0.2, 0.25) is 0 Å². The Labute approximate surface area is 155 Å². The van der Waals surface area contributed by atoms with Crippen LogP contribution in [-0.2, 0) is 9.31 Å². The highest BCUT2D eigenvalue weighted by molar-refractivity contribution is 6.61. The predicted molar refractivity (Wildman–Crippen MR) is 99.0 cm³/mol. The van der Waals surface area contributed by atoms with Crippen LogP contribution in [0.4, 0.5) is 8.78 Å². The Morgan fingerprint density at radius 1 is 1.12 bits per heavy atom. The number of halogens is 2. The summed E-state index contributed by atoms with van der Waals surface area (Å²) in [6, 6.07) is 1.33. The zero-order chi connectivity index (χ0) is 19.7. The van der Waals surface area contributed by atoms with E-state index < -0.39 is 24.7 Å².